The van der Waals surface area contributed by atoms with E-state index >= 15 is 0 Å². The second-order valence-corrected chi connectivity index (χ2v) is 9.14. The number of aliphatic hydroxyl groups is 1. The van der Waals surface area contributed by atoms with Crippen LogP contribution in [-0.4, -0.2) is 75.3 Å². The zero-order valence-corrected chi connectivity index (χ0v) is 19.7. The van der Waals surface area contributed by atoms with Gasteiger partial charge in [-0.05, 0) is 63.7 Å². The molecular formula is C25H29N9O. The Kier molecular flexibility index (Phi) is 6.70. The quantitative estimate of drug-likeness (QED) is 0.494. The van der Waals surface area contributed by atoms with E-state index in [0.29, 0.717) is 48.6 Å². The van der Waals surface area contributed by atoms with Crippen molar-refractivity contribution >= 4 is 23.3 Å². The van der Waals surface area contributed by atoms with Gasteiger partial charge in [-0.15, -0.1) is 0 Å². The highest BCUT2D eigenvalue weighted by atomic mass is 16.3. The van der Waals surface area contributed by atoms with Gasteiger partial charge in [0.05, 0.1) is 29.2 Å². The number of nitrogens with one attached hydrogen (secondary N) is 2. The van der Waals surface area contributed by atoms with E-state index in [9.17, 15) is 10.4 Å². The monoisotopic (exact) mass is 471 g/mol. The zero-order chi connectivity index (χ0) is 24.2. The summed E-state index contributed by atoms with van der Waals surface area (Å²) in [6.07, 6.45) is 7.67. The number of aliphatic hydroxyl groups excluding tert-OH is 1. The van der Waals surface area contributed by atoms with Crippen molar-refractivity contribution in [3.8, 4) is 17.3 Å². The van der Waals surface area contributed by atoms with Gasteiger partial charge in [0.15, 0.2) is 0 Å². The number of hydrogen-bond acceptors (Lipinski definition) is 10. The predicted molar refractivity (Wildman–Crippen MR) is 134 cm³/mol. The third-order valence-corrected chi connectivity index (χ3v) is 6.49. The van der Waals surface area contributed by atoms with Gasteiger partial charge in [0.1, 0.15) is 17.7 Å². The first kappa shape index (κ1) is 23.0. The van der Waals surface area contributed by atoms with Gasteiger partial charge in [-0.3, -0.25) is 0 Å². The van der Waals surface area contributed by atoms with Crippen LogP contribution in [0.25, 0.3) is 11.3 Å². The molecule has 2 aliphatic heterocycles. The zero-order valence-electron chi connectivity index (χ0n) is 19.7. The summed E-state index contributed by atoms with van der Waals surface area (Å²) < 4.78 is 0. The molecule has 0 aliphatic carbocycles. The molecule has 1 atom stereocenters. The molecule has 0 radical (unpaired) electrons. The van der Waals surface area contributed by atoms with Gasteiger partial charge >= 0.3 is 0 Å². The van der Waals surface area contributed by atoms with Crippen LogP contribution >= 0.6 is 0 Å². The number of nitriles is 1. The SMILES string of the molecule is CN1CCC(Nc2ccc(Nc3nccc(-c4cnc(N5CC[C@H](O)C5)c(C#N)c4)n3)cn2)CC1. The molecule has 2 aliphatic rings. The lowest BCUT2D eigenvalue weighted by Gasteiger charge is -2.29. The van der Waals surface area contributed by atoms with E-state index in [1.807, 2.05) is 17.0 Å². The molecular weight excluding hydrogens is 442 g/mol. The number of anilines is 4. The Morgan fingerprint density at radius 1 is 1.06 bits per heavy atom. The first-order chi connectivity index (χ1) is 17.1. The average molecular weight is 472 g/mol. The Morgan fingerprint density at radius 3 is 2.63 bits per heavy atom. The molecule has 0 spiro atoms. The fourth-order valence-corrected chi connectivity index (χ4v) is 4.49. The van der Waals surface area contributed by atoms with E-state index < -0.39 is 0 Å². The van der Waals surface area contributed by atoms with Crippen LogP contribution in [0.2, 0.25) is 0 Å². The molecule has 0 unspecified atom stereocenters. The van der Waals surface area contributed by atoms with E-state index in [2.05, 4.69) is 48.6 Å². The first-order valence-corrected chi connectivity index (χ1v) is 11.9. The lowest BCUT2D eigenvalue weighted by Crippen LogP contribution is -2.36. The Bertz CT molecular complexity index is 1200. The summed E-state index contributed by atoms with van der Waals surface area (Å²) in [4.78, 5) is 22.3. The normalized spacial score (nSPS) is 18.9. The fourth-order valence-electron chi connectivity index (χ4n) is 4.49. The highest BCUT2D eigenvalue weighted by Gasteiger charge is 2.24. The molecule has 0 saturated carbocycles. The molecule has 10 nitrogen and oxygen atoms in total. The van der Waals surface area contributed by atoms with Gasteiger partial charge < -0.3 is 25.5 Å². The third kappa shape index (κ3) is 5.48. The lowest BCUT2D eigenvalue weighted by molar-refractivity contribution is 0.198. The van der Waals surface area contributed by atoms with Crippen molar-refractivity contribution < 1.29 is 5.11 Å². The number of aromatic nitrogens is 4. The summed E-state index contributed by atoms with van der Waals surface area (Å²) in [6.45, 7) is 3.37. The van der Waals surface area contributed by atoms with Crippen LogP contribution in [0.15, 0.2) is 42.9 Å². The van der Waals surface area contributed by atoms with Crippen LogP contribution in [0.1, 0.15) is 24.8 Å². The number of hydrogen-bond donors (Lipinski definition) is 3. The van der Waals surface area contributed by atoms with Crippen LogP contribution < -0.4 is 15.5 Å². The smallest absolute Gasteiger partial charge is 0.227 e. The fraction of sp³-hybridized carbons (Fsp3) is 0.400. The Balaban J connectivity index is 1.26. The number of nitrogens with zero attached hydrogens (tertiary/aromatic N) is 7. The van der Waals surface area contributed by atoms with Gasteiger partial charge in [-0.2, -0.15) is 5.26 Å². The molecule has 5 rings (SSSR count). The maximum atomic E-state index is 9.82. The van der Waals surface area contributed by atoms with Crippen LogP contribution in [0.3, 0.4) is 0 Å². The number of piperidine rings is 1. The summed E-state index contributed by atoms with van der Waals surface area (Å²) in [5.41, 5.74) is 2.63. The minimum Gasteiger partial charge on any atom is -0.391 e. The number of rotatable bonds is 6. The van der Waals surface area contributed by atoms with Crippen molar-refractivity contribution in [2.24, 2.45) is 0 Å². The minimum atomic E-state index is -0.382. The van der Waals surface area contributed by atoms with Crippen molar-refractivity contribution in [3.63, 3.8) is 0 Å². The first-order valence-electron chi connectivity index (χ1n) is 11.9. The predicted octanol–water partition coefficient (Wildman–Crippen LogP) is 2.63. The number of β-amino-alcohol motifs (C(OH)–C–C–N with tert-alkyl or cyclic N) is 1. The Labute approximate surface area is 204 Å². The standard InChI is InChI=1S/C25H29N9O/c1-33-9-5-19(6-10-33)30-23-3-2-20(15-28-23)31-25-27-8-4-22(32-25)18-12-17(13-26)24(29-14-18)34-11-7-21(35)16-34/h2-4,8,12,14-15,19,21,35H,5-7,9-11,16H2,1H3,(H,28,30)(H,27,31,32)/t21-/m0/s1. The van der Waals surface area contributed by atoms with E-state index in [4.69, 9.17) is 0 Å². The van der Waals surface area contributed by atoms with Gasteiger partial charge in [0.2, 0.25) is 5.95 Å². The van der Waals surface area contributed by atoms with Crippen LogP contribution in [-0.2, 0) is 0 Å². The summed E-state index contributed by atoms with van der Waals surface area (Å²) in [5, 5.41) is 26.2. The molecule has 35 heavy (non-hydrogen) atoms. The summed E-state index contributed by atoms with van der Waals surface area (Å²) >= 11 is 0. The molecule has 5 heterocycles. The Hall–Kier alpha value is -3.81. The van der Waals surface area contributed by atoms with Gasteiger partial charge in [-0.1, -0.05) is 0 Å². The molecule has 2 fully saturated rings. The molecule has 0 bridgehead atoms. The van der Waals surface area contributed by atoms with E-state index in [1.165, 1.54) is 0 Å². The summed E-state index contributed by atoms with van der Waals surface area (Å²) in [7, 11) is 2.15. The molecule has 0 aromatic carbocycles. The van der Waals surface area contributed by atoms with Crippen LogP contribution in [0, 0.1) is 11.3 Å². The molecule has 3 N–H and O–H groups in total. The van der Waals surface area contributed by atoms with Gasteiger partial charge in [0, 0.05) is 37.1 Å². The largest absolute Gasteiger partial charge is 0.391 e. The maximum Gasteiger partial charge on any atom is 0.227 e. The van der Waals surface area contributed by atoms with Crippen LogP contribution in [0.4, 0.5) is 23.3 Å². The van der Waals surface area contributed by atoms with Crippen molar-refractivity contribution in [1.29, 1.82) is 5.26 Å². The molecule has 180 valence electrons. The van der Waals surface area contributed by atoms with Crippen molar-refractivity contribution in [2.75, 3.05) is 48.8 Å². The average Bonchev–Trinajstić information content (AvgIpc) is 3.32. The molecule has 10 heteroatoms. The number of pyridine rings is 2. The molecule has 3 aromatic rings. The van der Waals surface area contributed by atoms with Crippen LogP contribution in [0.5, 0.6) is 0 Å². The second kappa shape index (κ2) is 10.2. The van der Waals surface area contributed by atoms with E-state index in [-0.39, 0.29) is 6.10 Å². The van der Waals surface area contributed by atoms with Crippen molar-refractivity contribution in [3.05, 3.63) is 48.4 Å². The second-order valence-electron chi connectivity index (χ2n) is 9.14. The van der Waals surface area contributed by atoms with E-state index in [1.54, 1.807) is 30.7 Å². The summed E-state index contributed by atoms with van der Waals surface area (Å²) in [5.74, 6) is 1.89. The molecule has 0 amide bonds. The van der Waals surface area contributed by atoms with Gasteiger partial charge in [-0.25, -0.2) is 19.9 Å². The maximum absolute atomic E-state index is 9.82. The van der Waals surface area contributed by atoms with Crippen molar-refractivity contribution in [1.82, 2.24) is 24.8 Å². The highest BCUT2D eigenvalue weighted by Crippen LogP contribution is 2.27. The Morgan fingerprint density at radius 2 is 1.91 bits per heavy atom. The lowest BCUT2D eigenvalue weighted by atomic mass is 10.1. The minimum absolute atomic E-state index is 0.382. The molecule has 2 saturated heterocycles. The highest BCUT2D eigenvalue weighted by molar-refractivity contribution is 5.67. The number of likely N-dealkylation sites (tertiary alicyclic amines) is 1. The third-order valence-electron chi connectivity index (χ3n) is 6.49. The van der Waals surface area contributed by atoms with Gasteiger partial charge in [0.25, 0.3) is 0 Å². The van der Waals surface area contributed by atoms with Crippen molar-refractivity contribution in [2.45, 2.75) is 31.4 Å². The molecule has 3 aromatic heterocycles. The topological polar surface area (TPSA) is 126 Å². The van der Waals surface area contributed by atoms with E-state index in [0.717, 1.165) is 43.0 Å². The summed E-state index contributed by atoms with van der Waals surface area (Å²) in [6, 6.07) is 10.2.